The highest BCUT2D eigenvalue weighted by atomic mass is 35.5. The molecule has 0 amide bonds. The van der Waals surface area contributed by atoms with Crippen LogP contribution in [0, 0.1) is 0 Å². The molecule has 7 heteroatoms. The van der Waals surface area contributed by atoms with Crippen LogP contribution in [0.4, 0.5) is 0 Å². The average Bonchev–Trinajstić information content (AvgIpc) is 2.76. The van der Waals surface area contributed by atoms with E-state index in [4.69, 9.17) is 16.3 Å². The Bertz CT molecular complexity index is 686. The van der Waals surface area contributed by atoms with Gasteiger partial charge in [-0.1, -0.05) is 11.6 Å². The molecule has 0 aromatic carbocycles. The molecule has 0 fully saturated rings. The number of thiophene rings is 1. The highest BCUT2D eigenvalue weighted by Crippen LogP contribution is 2.37. The van der Waals surface area contributed by atoms with Gasteiger partial charge in [0.05, 0.1) is 12.0 Å². The lowest BCUT2D eigenvalue weighted by Gasteiger charge is -2.21. The van der Waals surface area contributed by atoms with Gasteiger partial charge in [-0.25, -0.2) is 14.8 Å². The summed E-state index contributed by atoms with van der Waals surface area (Å²) in [6.45, 7) is 3.93. The lowest BCUT2D eigenvalue weighted by Crippen LogP contribution is -2.25. The molecule has 3 heterocycles. The number of esters is 1. The van der Waals surface area contributed by atoms with Gasteiger partial charge in [-0.15, -0.1) is 11.3 Å². The Hall–Kier alpha value is -1.24. The first-order valence-electron chi connectivity index (χ1n) is 6.43. The highest BCUT2D eigenvalue weighted by Gasteiger charge is 2.24. The van der Waals surface area contributed by atoms with E-state index in [9.17, 15) is 4.79 Å². The smallest absolute Gasteiger partial charge is 0.376 e. The van der Waals surface area contributed by atoms with Crippen LogP contribution in [0.5, 0.6) is 0 Å². The second kappa shape index (κ2) is 5.27. The van der Waals surface area contributed by atoms with Gasteiger partial charge >= 0.3 is 5.97 Å². The number of aromatic nitrogens is 2. The molecule has 0 N–H and O–H groups in total. The van der Waals surface area contributed by atoms with E-state index in [2.05, 4.69) is 21.9 Å². The first-order chi connectivity index (χ1) is 9.60. The lowest BCUT2D eigenvalue weighted by atomic mass is 10.1. The second-order valence-electron chi connectivity index (χ2n) is 4.73. The standard InChI is InChI=1S/C13H14ClN3O2S/c1-3-19-13(18)11-15-10(14)9-7-4-5-17(2)6-8(7)20-12(9)16-11/h3-6H2,1-2H3. The van der Waals surface area contributed by atoms with Crippen LogP contribution in [-0.4, -0.2) is 41.0 Å². The van der Waals surface area contributed by atoms with Crippen LogP contribution in [0.25, 0.3) is 10.2 Å². The molecule has 0 aliphatic carbocycles. The molecule has 0 unspecified atom stereocenters. The van der Waals surface area contributed by atoms with Crippen molar-refractivity contribution in [3.8, 4) is 0 Å². The van der Waals surface area contributed by atoms with Crippen LogP contribution in [0.15, 0.2) is 0 Å². The molecule has 0 atom stereocenters. The minimum Gasteiger partial charge on any atom is -0.460 e. The number of halogens is 1. The lowest BCUT2D eigenvalue weighted by molar-refractivity contribution is 0.0512. The van der Waals surface area contributed by atoms with Gasteiger partial charge in [0.25, 0.3) is 0 Å². The van der Waals surface area contributed by atoms with Gasteiger partial charge in [0.1, 0.15) is 9.98 Å². The number of ether oxygens (including phenoxy) is 1. The van der Waals surface area contributed by atoms with Crippen LogP contribution in [0.2, 0.25) is 5.15 Å². The molecule has 0 radical (unpaired) electrons. The molecular formula is C13H14ClN3O2S. The molecule has 0 saturated carbocycles. The van der Waals surface area contributed by atoms with Crippen LogP contribution < -0.4 is 0 Å². The van der Waals surface area contributed by atoms with Crippen molar-refractivity contribution >= 4 is 39.1 Å². The third-order valence-electron chi connectivity index (χ3n) is 3.30. The third kappa shape index (κ3) is 2.28. The largest absolute Gasteiger partial charge is 0.460 e. The van der Waals surface area contributed by atoms with Crippen molar-refractivity contribution in [3.63, 3.8) is 0 Å². The van der Waals surface area contributed by atoms with Crippen LogP contribution in [0.3, 0.4) is 0 Å². The highest BCUT2D eigenvalue weighted by molar-refractivity contribution is 7.19. The Labute approximate surface area is 125 Å². The number of hydrogen-bond acceptors (Lipinski definition) is 6. The summed E-state index contributed by atoms with van der Waals surface area (Å²) in [5.74, 6) is -0.490. The van der Waals surface area contributed by atoms with Crippen molar-refractivity contribution in [2.45, 2.75) is 19.9 Å². The van der Waals surface area contributed by atoms with Gasteiger partial charge in [-0.3, -0.25) is 0 Å². The average molecular weight is 312 g/mol. The maximum atomic E-state index is 11.7. The van der Waals surface area contributed by atoms with Crippen LogP contribution in [0.1, 0.15) is 28.0 Å². The number of fused-ring (bicyclic) bond motifs is 3. The maximum absolute atomic E-state index is 11.7. The second-order valence-corrected chi connectivity index (χ2v) is 6.17. The summed E-state index contributed by atoms with van der Waals surface area (Å²) in [6.07, 6.45) is 0.938. The van der Waals surface area contributed by atoms with Gasteiger partial charge in [-0.2, -0.15) is 0 Å². The van der Waals surface area contributed by atoms with Crippen molar-refractivity contribution in [1.29, 1.82) is 0 Å². The van der Waals surface area contributed by atoms with Crippen molar-refractivity contribution in [2.75, 3.05) is 20.2 Å². The Balaban J connectivity index is 2.11. The minimum atomic E-state index is -0.528. The molecule has 0 bridgehead atoms. The summed E-state index contributed by atoms with van der Waals surface area (Å²) in [7, 11) is 2.09. The summed E-state index contributed by atoms with van der Waals surface area (Å²) < 4.78 is 4.92. The molecule has 1 aliphatic rings. The third-order valence-corrected chi connectivity index (χ3v) is 4.69. The normalized spacial score (nSPS) is 15.3. The van der Waals surface area contributed by atoms with Gasteiger partial charge in [0.15, 0.2) is 0 Å². The predicted molar refractivity (Wildman–Crippen MR) is 78.4 cm³/mol. The van der Waals surface area contributed by atoms with E-state index in [1.54, 1.807) is 18.3 Å². The molecule has 0 spiro atoms. The Morgan fingerprint density at radius 2 is 2.30 bits per heavy atom. The Morgan fingerprint density at radius 3 is 3.05 bits per heavy atom. The first kappa shape index (κ1) is 13.7. The summed E-state index contributed by atoms with van der Waals surface area (Å²) in [6, 6.07) is 0. The monoisotopic (exact) mass is 311 g/mol. The molecular weight excluding hydrogens is 298 g/mol. The zero-order chi connectivity index (χ0) is 14.3. The maximum Gasteiger partial charge on any atom is 0.376 e. The molecule has 5 nitrogen and oxygen atoms in total. The van der Waals surface area contributed by atoms with E-state index >= 15 is 0 Å². The van der Waals surface area contributed by atoms with Crippen LogP contribution in [-0.2, 0) is 17.7 Å². The summed E-state index contributed by atoms with van der Waals surface area (Å²) >= 11 is 7.84. The van der Waals surface area contributed by atoms with Gasteiger partial charge in [0.2, 0.25) is 5.82 Å². The Kier molecular flexibility index (Phi) is 3.62. The molecule has 2 aromatic heterocycles. The predicted octanol–water partition coefficient (Wildman–Crippen LogP) is 2.51. The fraction of sp³-hybridized carbons (Fsp3) is 0.462. The molecule has 1 aliphatic heterocycles. The number of rotatable bonds is 2. The van der Waals surface area contributed by atoms with E-state index in [0.29, 0.717) is 11.8 Å². The van der Waals surface area contributed by atoms with Gasteiger partial charge in [0, 0.05) is 18.0 Å². The van der Waals surface area contributed by atoms with E-state index < -0.39 is 5.97 Å². The quantitative estimate of drug-likeness (QED) is 0.630. The number of carbonyl (C=O) groups is 1. The zero-order valence-corrected chi connectivity index (χ0v) is 12.8. The van der Waals surface area contributed by atoms with Crippen molar-refractivity contribution in [3.05, 3.63) is 21.4 Å². The SMILES string of the molecule is CCOC(=O)c1nc(Cl)c2c3c(sc2n1)CN(C)CC3. The van der Waals surface area contributed by atoms with E-state index in [0.717, 1.165) is 29.7 Å². The molecule has 106 valence electrons. The van der Waals surface area contributed by atoms with E-state index in [1.807, 2.05) is 0 Å². The fourth-order valence-electron chi connectivity index (χ4n) is 2.37. The number of carbonyl (C=O) groups excluding carboxylic acids is 1. The van der Waals surface area contributed by atoms with Gasteiger partial charge in [-0.05, 0) is 26.0 Å². The Morgan fingerprint density at radius 1 is 1.50 bits per heavy atom. The topological polar surface area (TPSA) is 55.3 Å². The fourth-order valence-corrected chi connectivity index (χ4v) is 4.00. The van der Waals surface area contributed by atoms with Crippen molar-refractivity contribution < 1.29 is 9.53 Å². The first-order valence-corrected chi connectivity index (χ1v) is 7.63. The van der Waals surface area contributed by atoms with E-state index in [-0.39, 0.29) is 5.82 Å². The van der Waals surface area contributed by atoms with E-state index in [1.165, 1.54) is 10.4 Å². The summed E-state index contributed by atoms with van der Waals surface area (Å²) in [4.78, 5) is 24.4. The minimum absolute atomic E-state index is 0.0382. The zero-order valence-electron chi connectivity index (χ0n) is 11.3. The molecule has 0 saturated heterocycles. The van der Waals surface area contributed by atoms with Gasteiger partial charge < -0.3 is 9.64 Å². The number of nitrogens with zero attached hydrogens (tertiary/aromatic N) is 3. The number of likely N-dealkylation sites (N-methyl/N-ethyl adjacent to an activating group) is 1. The number of hydrogen-bond donors (Lipinski definition) is 0. The van der Waals surface area contributed by atoms with Crippen molar-refractivity contribution in [2.24, 2.45) is 0 Å². The molecule has 2 aromatic rings. The summed E-state index contributed by atoms with van der Waals surface area (Å²) in [5.41, 5.74) is 1.23. The van der Waals surface area contributed by atoms with Crippen molar-refractivity contribution in [1.82, 2.24) is 14.9 Å². The van der Waals surface area contributed by atoms with Crippen LogP contribution >= 0.6 is 22.9 Å². The molecule has 20 heavy (non-hydrogen) atoms. The summed E-state index contributed by atoms with van der Waals surface area (Å²) in [5, 5.41) is 1.24. The molecule has 3 rings (SSSR count).